The molecule has 0 aliphatic heterocycles. The van der Waals surface area contributed by atoms with Gasteiger partial charge in [0, 0.05) is 6.20 Å². The Hall–Kier alpha value is -1.61. The minimum Gasteiger partial charge on any atom is -0.386 e. The Kier molecular flexibility index (Phi) is 2.49. The van der Waals surface area contributed by atoms with Crippen molar-refractivity contribution in [2.45, 2.75) is 25.4 Å². The van der Waals surface area contributed by atoms with Gasteiger partial charge in [-0.3, -0.25) is 0 Å². The molecular weight excluding hydrogens is 236 g/mol. The third-order valence-corrected chi connectivity index (χ3v) is 4.81. The summed E-state index contributed by atoms with van der Waals surface area (Å²) in [7, 11) is 0. The molecule has 0 bridgehead atoms. The number of rotatable bonds is 3. The zero-order valence-electron chi connectivity index (χ0n) is 10.8. The maximum absolute atomic E-state index is 10.6. The van der Waals surface area contributed by atoms with E-state index in [1.165, 1.54) is 19.3 Å². The second-order valence-electron chi connectivity index (χ2n) is 5.78. The largest absolute Gasteiger partial charge is 0.386 e. The van der Waals surface area contributed by atoms with Crippen molar-refractivity contribution in [1.29, 1.82) is 0 Å². The van der Waals surface area contributed by atoms with Crippen LogP contribution >= 0.6 is 0 Å². The highest BCUT2D eigenvalue weighted by Gasteiger charge is 2.56. The molecule has 4 rings (SSSR count). The number of hydrogen-bond acceptors (Lipinski definition) is 2. The molecule has 1 heterocycles. The lowest BCUT2D eigenvalue weighted by atomic mass is 10.0. The van der Waals surface area contributed by atoms with Gasteiger partial charge in [-0.25, -0.2) is 4.68 Å². The van der Waals surface area contributed by atoms with Crippen LogP contribution in [0.4, 0.5) is 0 Å². The van der Waals surface area contributed by atoms with Crippen LogP contribution in [0.5, 0.6) is 0 Å². The average Bonchev–Trinajstić information content (AvgIpc) is 2.89. The molecule has 2 saturated carbocycles. The number of benzene rings is 1. The molecule has 1 aromatic carbocycles. The van der Waals surface area contributed by atoms with Crippen LogP contribution in [0.1, 0.15) is 31.1 Å². The van der Waals surface area contributed by atoms with Crippen LogP contribution in [0.2, 0.25) is 0 Å². The topological polar surface area (TPSA) is 38.1 Å². The third-order valence-electron chi connectivity index (χ3n) is 4.81. The fourth-order valence-corrected chi connectivity index (χ4v) is 3.86. The number of aliphatic hydroxyl groups excluding tert-OH is 1. The third kappa shape index (κ3) is 1.72. The van der Waals surface area contributed by atoms with Crippen LogP contribution in [0.15, 0.2) is 42.6 Å². The first-order chi connectivity index (χ1) is 9.36. The van der Waals surface area contributed by atoms with E-state index in [1.54, 1.807) is 6.20 Å². The Morgan fingerprint density at radius 2 is 1.84 bits per heavy atom. The maximum Gasteiger partial charge on any atom is 0.0994 e. The molecule has 3 atom stereocenters. The highest BCUT2D eigenvalue weighted by molar-refractivity contribution is 5.33. The molecule has 2 aliphatic carbocycles. The van der Waals surface area contributed by atoms with Crippen LogP contribution in [0.25, 0.3) is 5.69 Å². The van der Waals surface area contributed by atoms with E-state index in [4.69, 9.17) is 0 Å². The van der Waals surface area contributed by atoms with Crippen molar-refractivity contribution in [3.05, 3.63) is 48.3 Å². The number of para-hydroxylation sites is 1. The maximum atomic E-state index is 10.6. The van der Waals surface area contributed by atoms with E-state index in [9.17, 15) is 5.11 Å². The Bertz CT molecular complexity index is 567. The van der Waals surface area contributed by atoms with Gasteiger partial charge in [0.2, 0.25) is 0 Å². The average molecular weight is 254 g/mol. The van der Waals surface area contributed by atoms with Gasteiger partial charge < -0.3 is 5.11 Å². The lowest BCUT2D eigenvalue weighted by Crippen LogP contribution is -2.11. The van der Waals surface area contributed by atoms with Crippen LogP contribution in [0, 0.1) is 17.8 Å². The molecule has 0 amide bonds. The van der Waals surface area contributed by atoms with Crippen molar-refractivity contribution < 1.29 is 5.11 Å². The SMILES string of the molecule is OC(c1ccnn1-c1ccccc1)C1C2CCCC21. The number of aliphatic hydroxyl groups is 1. The molecule has 3 heteroatoms. The van der Waals surface area contributed by atoms with Gasteiger partial charge in [-0.2, -0.15) is 5.10 Å². The van der Waals surface area contributed by atoms with Gasteiger partial charge in [0.1, 0.15) is 0 Å². The highest BCUT2D eigenvalue weighted by atomic mass is 16.3. The van der Waals surface area contributed by atoms with Crippen molar-refractivity contribution >= 4 is 0 Å². The number of hydrogen-bond donors (Lipinski definition) is 1. The van der Waals surface area contributed by atoms with Crippen LogP contribution < -0.4 is 0 Å². The molecule has 3 unspecified atom stereocenters. The summed E-state index contributed by atoms with van der Waals surface area (Å²) >= 11 is 0. The van der Waals surface area contributed by atoms with Crippen molar-refractivity contribution in [3.63, 3.8) is 0 Å². The zero-order valence-corrected chi connectivity index (χ0v) is 10.8. The van der Waals surface area contributed by atoms with Gasteiger partial charge in [0.25, 0.3) is 0 Å². The molecule has 2 aliphatic rings. The normalized spacial score (nSPS) is 30.1. The highest BCUT2D eigenvalue weighted by Crippen LogP contribution is 2.62. The number of aromatic nitrogens is 2. The molecule has 0 radical (unpaired) electrons. The van der Waals surface area contributed by atoms with Crippen LogP contribution in [0.3, 0.4) is 0 Å². The van der Waals surface area contributed by atoms with E-state index in [1.807, 2.05) is 41.1 Å². The summed E-state index contributed by atoms with van der Waals surface area (Å²) in [6.07, 6.45) is 5.36. The molecule has 2 aromatic rings. The van der Waals surface area contributed by atoms with Crippen molar-refractivity contribution in [1.82, 2.24) is 9.78 Å². The van der Waals surface area contributed by atoms with Crippen molar-refractivity contribution in [3.8, 4) is 5.69 Å². The summed E-state index contributed by atoms with van der Waals surface area (Å²) in [5.41, 5.74) is 1.96. The van der Waals surface area contributed by atoms with Crippen molar-refractivity contribution in [2.24, 2.45) is 17.8 Å². The van der Waals surface area contributed by atoms with Gasteiger partial charge in [0.05, 0.1) is 17.5 Å². The fourth-order valence-electron chi connectivity index (χ4n) is 3.86. The summed E-state index contributed by atoms with van der Waals surface area (Å²) < 4.78 is 1.87. The van der Waals surface area contributed by atoms with Crippen molar-refractivity contribution in [2.75, 3.05) is 0 Å². The van der Waals surface area contributed by atoms with Crippen LogP contribution in [-0.4, -0.2) is 14.9 Å². The summed E-state index contributed by atoms with van der Waals surface area (Å²) in [4.78, 5) is 0. The first-order valence-electron chi connectivity index (χ1n) is 7.13. The molecule has 0 spiro atoms. The molecule has 0 saturated heterocycles. The lowest BCUT2D eigenvalue weighted by molar-refractivity contribution is 0.130. The molecule has 98 valence electrons. The first-order valence-corrected chi connectivity index (χ1v) is 7.13. The summed E-state index contributed by atoms with van der Waals surface area (Å²) in [5.74, 6) is 1.98. The standard InChI is InChI=1S/C16H18N2O/c19-16(15-12-7-4-8-13(12)15)14-9-10-17-18(14)11-5-2-1-3-6-11/h1-3,5-6,9-10,12-13,15-16,19H,4,7-8H2. The fraction of sp³-hybridized carbons (Fsp3) is 0.438. The summed E-state index contributed by atoms with van der Waals surface area (Å²) in [6.45, 7) is 0. The van der Waals surface area contributed by atoms with Gasteiger partial charge in [-0.1, -0.05) is 24.6 Å². The van der Waals surface area contributed by atoms with Gasteiger partial charge in [0.15, 0.2) is 0 Å². The van der Waals surface area contributed by atoms with E-state index in [0.29, 0.717) is 5.92 Å². The van der Waals surface area contributed by atoms with Gasteiger partial charge in [-0.15, -0.1) is 0 Å². The quantitative estimate of drug-likeness (QED) is 0.914. The first kappa shape index (κ1) is 11.2. The molecular formula is C16H18N2O. The Morgan fingerprint density at radius 3 is 2.58 bits per heavy atom. The van der Waals surface area contributed by atoms with Crippen LogP contribution in [-0.2, 0) is 0 Å². The second kappa shape index (κ2) is 4.20. The minimum atomic E-state index is -0.363. The predicted molar refractivity (Wildman–Crippen MR) is 72.8 cm³/mol. The lowest BCUT2D eigenvalue weighted by Gasteiger charge is -2.15. The van der Waals surface area contributed by atoms with E-state index >= 15 is 0 Å². The van der Waals surface area contributed by atoms with Gasteiger partial charge >= 0.3 is 0 Å². The molecule has 19 heavy (non-hydrogen) atoms. The summed E-state index contributed by atoms with van der Waals surface area (Å²) in [5, 5.41) is 15.0. The zero-order chi connectivity index (χ0) is 12.8. The monoisotopic (exact) mass is 254 g/mol. The number of fused-ring (bicyclic) bond motifs is 1. The van der Waals surface area contributed by atoms with E-state index < -0.39 is 0 Å². The Morgan fingerprint density at radius 1 is 1.11 bits per heavy atom. The minimum absolute atomic E-state index is 0.363. The summed E-state index contributed by atoms with van der Waals surface area (Å²) in [6, 6.07) is 12.0. The molecule has 1 N–H and O–H groups in total. The second-order valence-corrected chi connectivity index (χ2v) is 5.78. The molecule has 1 aromatic heterocycles. The molecule has 2 fully saturated rings. The Labute approximate surface area is 112 Å². The van der Waals surface area contributed by atoms with E-state index in [2.05, 4.69) is 5.10 Å². The molecule has 3 nitrogen and oxygen atoms in total. The Balaban J connectivity index is 1.64. The van der Waals surface area contributed by atoms with E-state index in [0.717, 1.165) is 23.2 Å². The number of nitrogens with zero attached hydrogens (tertiary/aromatic N) is 2. The smallest absolute Gasteiger partial charge is 0.0994 e. The van der Waals surface area contributed by atoms with Gasteiger partial charge in [-0.05, 0) is 48.8 Å². The predicted octanol–water partition coefficient (Wildman–Crippen LogP) is 2.95. The van der Waals surface area contributed by atoms with E-state index in [-0.39, 0.29) is 6.10 Å².